The maximum atomic E-state index is 11.9. The van der Waals surface area contributed by atoms with E-state index in [2.05, 4.69) is 22.8 Å². The van der Waals surface area contributed by atoms with E-state index in [1.807, 2.05) is 0 Å². The molecule has 11 nitrogen and oxygen atoms in total. The first-order chi connectivity index (χ1) is 9.67. The second kappa shape index (κ2) is 8.64. The minimum absolute atomic E-state index is 0.783. The molecule has 0 saturated carbocycles. The smallest absolute Gasteiger partial charge is 0.413 e. The molecule has 21 heavy (non-hydrogen) atoms. The lowest BCUT2D eigenvalue weighted by atomic mass is 11.1. The topological polar surface area (TPSA) is 144 Å². The van der Waals surface area contributed by atoms with Gasteiger partial charge in [-0.05, 0) is 0 Å². The molecule has 0 saturated heterocycles. The lowest BCUT2D eigenvalue weighted by molar-refractivity contribution is 0.155. The van der Waals surface area contributed by atoms with E-state index in [0.29, 0.717) is 0 Å². The molecule has 0 heterocycles. The van der Waals surface area contributed by atoms with Crippen molar-refractivity contribution >= 4 is 36.3 Å². The van der Waals surface area contributed by atoms with E-state index >= 15 is 0 Å². The molecule has 0 unspecified atom stereocenters. The van der Waals surface area contributed by atoms with Crippen molar-refractivity contribution in [1.82, 2.24) is 5.32 Å². The molecular weight excluding hydrogens is 352 g/mol. The normalized spacial score (nSPS) is 11.8. The monoisotopic (exact) mass is 367 g/mol. The van der Waals surface area contributed by atoms with Crippen LogP contribution in [0, 0.1) is 0 Å². The molecule has 0 aromatic carbocycles. The van der Waals surface area contributed by atoms with Gasteiger partial charge in [0.1, 0.15) is 0 Å². The molecule has 0 aromatic heterocycles. The fraction of sp³-hybridized carbons (Fsp3) is 0.714. The summed E-state index contributed by atoms with van der Waals surface area (Å²) in [6, 6.07) is 0. The highest BCUT2D eigenvalue weighted by molar-refractivity contribution is 7.93. The average molecular weight is 367 g/mol. The van der Waals surface area contributed by atoms with Gasteiger partial charge in [-0.25, -0.2) is 4.79 Å². The molecule has 1 amide bonds. The van der Waals surface area contributed by atoms with E-state index in [-0.39, 0.29) is 0 Å². The molecule has 0 aliphatic carbocycles. The number of rotatable bonds is 7. The highest BCUT2D eigenvalue weighted by Crippen LogP contribution is 2.47. The number of hydrogen-bond donors (Lipinski definition) is 1. The van der Waals surface area contributed by atoms with Crippen LogP contribution in [0.2, 0.25) is 0 Å². The second-order valence-corrected chi connectivity index (χ2v) is 8.63. The number of alkyl carbamates (subject to hydrolysis) is 1. The Morgan fingerprint density at radius 2 is 1.48 bits per heavy atom. The van der Waals surface area contributed by atoms with Crippen LogP contribution in [0.25, 0.3) is 0 Å². The minimum atomic E-state index is -4.22. The lowest BCUT2D eigenvalue weighted by Gasteiger charge is -2.16. The SMILES string of the molecule is COP(=O)(COC(=O)NC(=S(=O)=O)P(=O)(OC)OC)OC. The fourth-order valence-corrected chi connectivity index (χ4v) is 3.57. The van der Waals surface area contributed by atoms with Crippen LogP contribution in [-0.2, 0) is 42.3 Å². The standard InChI is InChI=1S/C7H15NO10P2S/c1-14-19(10,15-2)5-18-6(9)8-7(21(12)13)20(11,16-3)17-4/h5H2,1-4H3,(H,8,9). The maximum absolute atomic E-state index is 11.9. The van der Waals surface area contributed by atoms with E-state index in [1.54, 1.807) is 5.32 Å². The summed E-state index contributed by atoms with van der Waals surface area (Å²) in [6.07, 6.45) is -2.15. The zero-order valence-corrected chi connectivity index (χ0v) is 14.2. The molecule has 0 fully saturated rings. The predicted molar refractivity (Wildman–Crippen MR) is 71.7 cm³/mol. The molecule has 1 N–H and O–H groups in total. The van der Waals surface area contributed by atoms with Gasteiger partial charge in [0.2, 0.25) is 10.3 Å². The molecular formula is C7H15NO10P2S. The van der Waals surface area contributed by atoms with Gasteiger partial charge in [0, 0.05) is 28.4 Å². The van der Waals surface area contributed by atoms with E-state index < -0.39 is 42.7 Å². The number of amides is 1. The Morgan fingerprint density at radius 1 is 1.00 bits per heavy atom. The molecule has 0 aliphatic rings. The first-order valence-corrected chi connectivity index (χ1v) is 9.35. The summed E-state index contributed by atoms with van der Waals surface area (Å²) < 4.78 is 66.7. The van der Waals surface area contributed by atoms with Gasteiger partial charge in [-0.1, -0.05) is 0 Å². The quantitative estimate of drug-likeness (QED) is 0.502. The Kier molecular flexibility index (Phi) is 8.34. The highest BCUT2D eigenvalue weighted by atomic mass is 32.2. The predicted octanol–water partition coefficient (Wildman–Crippen LogP) is 0.608. The zero-order chi connectivity index (χ0) is 16.7. The molecule has 0 bridgehead atoms. The van der Waals surface area contributed by atoms with Crippen LogP contribution >= 0.6 is 15.2 Å². The van der Waals surface area contributed by atoms with Crippen LogP contribution in [0.5, 0.6) is 0 Å². The van der Waals surface area contributed by atoms with Gasteiger partial charge in [0.15, 0.2) is 6.35 Å². The van der Waals surface area contributed by atoms with Crippen molar-refractivity contribution in [2.24, 2.45) is 0 Å². The van der Waals surface area contributed by atoms with Gasteiger partial charge in [0.05, 0.1) is 0 Å². The van der Waals surface area contributed by atoms with Crippen molar-refractivity contribution in [1.29, 1.82) is 0 Å². The van der Waals surface area contributed by atoms with Gasteiger partial charge in [-0.3, -0.25) is 14.4 Å². The molecule has 0 spiro atoms. The summed E-state index contributed by atoms with van der Waals surface area (Å²) in [7, 11) is -6.98. The Hall–Kier alpha value is -0.740. The van der Waals surface area contributed by atoms with Gasteiger partial charge in [0.25, 0.3) is 4.73 Å². The van der Waals surface area contributed by atoms with Crippen molar-refractivity contribution in [2.45, 2.75) is 0 Å². The Morgan fingerprint density at radius 3 is 1.81 bits per heavy atom. The van der Waals surface area contributed by atoms with Crippen LogP contribution < -0.4 is 5.32 Å². The third kappa shape index (κ3) is 5.87. The number of nitrogens with one attached hydrogen (secondary N) is 1. The molecule has 0 aliphatic heterocycles. The van der Waals surface area contributed by atoms with Crippen molar-refractivity contribution in [3.8, 4) is 0 Å². The van der Waals surface area contributed by atoms with Crippen LogP contribution in [0.4, 0.5) is 4.79 Å². The average Bonchev–Trinajstić information content (AvgIpc) is 2.49. The van der Waals surface area contributed by atoms with Gasteiger partial charge in [-0.15, -0.1) is 0 Å². The highest BCUT2D eigenvalue weighted by Gasteiger charge is 2.34. The summed E-state index contributed by atoms with van der Waals surface area (Å²) in [5.41, 5.74) is 0. The van der Waals surface area contributed by atoms with Crippen LogP contribution in [0.1, 0.15) is 0 Å². The summed E-state index contributed by atoms with van der Waals surface area (Å²) in [5, 5.41) is 1.68. The largest absolute Gasteiger partial charge is 0.436 e. The van der Waals surface area contributed by atoms with E-state index in [1.165, 1.54) is 0 Å². The van der Waals surface area contributed by atoms with Crippen LogP contribution in [0.15, 0.2) is 0 Å². The van der Waals surface area contributed by atoms with E-state index in [9.17, 15) is 22.3 Å². The van der Waals surface area contributed by atoms with Gasteiger partial charge < -0.3 is 22.8 Å². The number of hydrogen-bond acceptors (Lipinski definition) is 10. The molecule has 0 rings (SSSR count). The third-order valence-corrected chi connectivity index (χ3v) is 6.67. The summed E-state index contributed by atoms with van der Waals surface area (Å²) in [5.74, 6) is 0. The summed E-state index contributed by atoms with van der Waals surface area (Å²) >= 11 is 0. The zero-order valence-electron chi connectivity index (χ0n) is 11.6. The molecule has 14 heteroatoms. The van der Waals surface area contributed by atoms with Crippen molar-refractivity contribution < 1.29 is 45.2 Å². The van der Waals surface area contributed by atoms with Crippen LogP contribution in [-0.4, -0.2) is 54.0 Å². The van der Waals surface area contributed by atoms with Gasteiger partial charge >= 0.3 is 21.3 Å². The van der Waals surface area contributed by atoms with Crippen molar-refractivity contribution in [2.75, 3.05) is 34.8 Å². The number of ether oxygens (including phenoxy) is 1. The minimum Gasteiger partial charge on any atom is -0.436 e. The first kappa shape index (κ1) is 20.3. The maximum Gasteiger partial charge on any atom is 0.413 e. The fourth-order valence-electron chi connectivity index (χ4n) is 0.883. The molecule has 124 valence electrons. The Bertz CT molecular complexity index is 575. The summed E-state index contributed by atoms with van der Waals surface area (Å²) in [6.45, 7) is 0. The van der Waals surface area contributed by atoms with E-state index in [0.717, 1.165) is 28.4 Å². The third-order valence-electron chi connectivity index (χ3n) is 2.01. The number of carbonyl (C=O) groups excluding carboxylic acids is 1. The van der Waals surface area contributed by atoms with Crippen LogP contribution in [0.3, 0.4) is 0 Å². The first-order valence-electron chi connectivity index (χ1n) is 5.00. The second-order valence-electron chi connectivity index (χ2n) is 3.06. The Balaban J connectivity index is 5.03. The lowest BCUT2D eigenvalue weighted by Crippen LogP contribution is -2.32. The Labute approximate surface area is 122 Å². The summed E-state index contributed by atoms with van der Waals surface area (Å²) in [4.78, 5) is 11.4. The van der Waals surface area contributed by atoms with Crippen molar-refractivity contribution in [3.05, 3.63) is 0 Å². The molecule has 0 radical (unpaired) electrons. The molecule has 0 atom stereocenters. The van der Waals surface area contributed by atoms with E-state index in [4.69, 9.17) is 0 Å². The number of carbonyl (C=O) groups is 1. The van der Waals surface area contributed by atoms with Crippen molar-refractivity contribution in [3.63, 3.8) is 0 Å². The molecule has 0 aromatic rings. The van der Waals surface area contributed by atoms with Gasteiger partial charge in [-0.2, -0.15) is 8.42 Å².